The van der Waals surface area contributed by atoms with Gasteiger partial charge in [-0.15, -0.1) is 0 Å². The Morgan fingerprint density at radius 2 is 2.00 bits per heavy atom. The molecule has 100 valence electrons. The Balaban J connectivity index is 2.03. The number of nitrogens with one attached hydrogen (secondary N) is 1. The van der Waals surface area contributed by atoms with Gasteiger partial charge in [0.15, 0.2) is 17.4 Å². The van der Waals surface area contributed by atoms with Crippen LogP contribution in [-0.4, -0.2) is 10.1 Å². The van der Waals surface area contributed by atoms with Crippen molar-refractivity contribution in [3.63, 3.8) is 0 Å². The van der Waals surface area contributed by atoms with E-state index in [9.17, 15) is 8.78 Å². The minimum Gasteiger partial charge on any atom is -0.503 e. The predicted molar refractivity (Wildman–Crippen MR) is 67.5 cm³/mol. The van der Waals surface area contributed by atoms with Crippen LogP contribution in [0.1, 0.15) is 24.1 Å². The van der Waals surface area contributed by atoms with Crippen molar-refractivity contribution in [3.05, 3.63) is 59.4 Å². The van der Waals surface area contributed by atoms with Gasteiger partial charge < -0.3 is 10.4 Å². The van der Waals surface area contributed by atoms with E-state index in [1.54, 1.807) is 12.4 Å². The topological polar surface area (TPSA) is 45.1 Å². The molecule has 2 rings (SSSR count). The standard InChI is InChI=1S/C14H14F2N2O/c1-9(11-3-2-4-17-8-11)18-7-10-5-12(15)14(19)13(16)6-10/h2-6,8-9,18-19H,7H2,1H3/t9-/m0/s1. The van der Waals surface area contributed by atoms with Gasteiger partial charge in [0.05, 0.1) is 0 Å². The van der Waals surface area contributed by atoms with Gasteiger partial charge in [0.2, 0.25) is 0 Å². The lowest BCUT2D eigenvalue weighted by atomic mass is 10.1. The van der Waals surface area contributed by atoms with Crippen molar-refractivity contribution >= 4 is 0 Å². The maximum absolute atomic E-state index is 13.2. The van der Waals surface area contributed by atoms with Crippen molar-refractivity contribution in [2.75, 3.05) is 0 Å². The molecular weight excluding hydrogens is 250 g/mol. The molecule has 0 aliphatic heterocycles. The minimum absolute atomic E-state index is 0.00799. The molecule has 1 aromatic heterocycles. The fourth-order valence-corrected chi connectivity index (χ4v) is 1.74. The van der Waals surface area contributed by atoms with E-state index in [1.165, 1.54) is 0 Å². The summed E-state index contributed by atoms with van der Waals surface area (Å²) in [6.07, 6.45) is 3.41. The Kier molecular flexibility index (Phi) is 4.06. The van der Waals surface area contributed by atoms with Crippen LogP contribution in [0.5, 0.6) is 5.75 Å². The van der Waals surface area contributed by atoms with E-state index in [0.29, 0.717) is 12.1 Å². The van der Waals surface area contributed by atoms with E-state index in [-0.39, 0.29) is 6.04 Å². The van der Waals surface area contributed by atoms with Gasteiger partial charge in [0.1, 0.15) is 0 Å². The highest BCUT2D eigenvalue weighted by Crippen LogP contribution is 2.21. The van der Waals surface area contributed by atoms with Crippen LogP contribution in [0.3, 0.4) is 0 Å². The number of aromatic nitrogens is 1. The highest BCUT2D eigenvalue weighted by atomic mass is 19.1. The summed E-state index contributed by atoms with van der Waals surface area (Å²) in [5, 5.41) is 12.1. The van der Waals surface area contributed by atoms with Crippen LogP contribution in [0, 0.1) is 11.6 Å². The molecule has 0 aliphatic carbocycles. The Hall–Kier alpha value is -2.01. The number of halogens is 2. The molecule has 1 aromatic carbocycles. The third kappa shape index (κ3) is 3.26. The van der Waals surface area contributed by atoms with Gasteiger partial charge in [-0.3, -0.25) is 4.98 Å². The van der Waals surface area contributed by atoms with E-state index in [2.05, 4.69) is 10.3 Å². The quantitative estimate of drug-likeness (QED) is 0.892. The fourth-order valence-electron chi connectivity index (χ4n) is 1.74. The lowest BCUT2D eigenvalue weighted by molar-refractivity contribution is 0.394. The zero-order valence-corrected chi connectivity index (χ0v) is 10.4. The summed E-state index contributed by atoms with van der Waals surface area (Å²) in [6.45, 7) is 2.23. The molecule has 0 spiro atoms. The molecule has 2 aromatic rings. The first-order chi connectivity index (χ1) is 9.08. The van der Waals surface area contributed by atoms with Crippen molar-refractivity contribution in [3.8, 4) is 5.75 Å². The third-order valence-corrected chi connectivity index (χ3v) is 2.87. The van der Waals surface area contributed by atoms with Gasteiger partial charge in [0.25, 0.3) is 0 Å². The van der Waals surface area contributed by atoms with Crippen molar-refractivity contribution in [2.45, 2.75) is 19.5 Å². The molecule has 0 radical (unpaired) electrons. The molecule has 0 unspecified atom stereocenters. The number of rotatable bonds is 4. The van der Waals surface area contributed by atoms with Gasteiger partial charge in [-0.25, -0.2) is 8.78 Å². The van der Waals surface area contributed by atoms with Crippen molar-refractivity contribution in [1.29, 1.82) is 0 Å². The Labute approximate surface area is 109 Å². The molecule has 5 heteroatoms. The number of aromatic hydroxyl groups is 1. The first-order valence-electron chi connectivity index (χ1n) is 5.88. The second-order valence-corrected chi connectivity index (χ2v) is 4.30. The lowest BCUT2D eigenvalue weighted by Crippen LogP contribution is -2.18. The molecule has 0 saturated heterocycles. The minimum atomic E-state index is -0.953. The molecule has 0 aliphatic rings. The van der Waals surface area contributed by atoms with Crippen molar-refractivity contribution in [2.24, 2.45) is 0 Å². The van der Waals surface area contributed by atoms with E-state index in [0.717, 1.165) is 17.7 Å². The average Bonchev–Trinajstić information content (AvgIpc) is 2.43. The van der Waals surface area contributed by atoms with Crippen LogP contribution in [0.15, 0.2) is 36.7 Å². The Morgan fingerprint density at radius 3 is 2.58 bits per heavy atom. The molecule has 1 heterocycles. The summed E-state index contributed by atoms with van der Waals surface area (Å²) in [4.78, 5) is 4.01. The van der Waals surface area contributed by atoms with Gasteiger partial charge >= 0.3 is 0 Å². The highest BCUT2D eigenvalue weighted by Gasteiger charge is 2.10. The monoisotopic (exact) mass is 264 g/mol. The lowest BCUT2D eigenvalue weighted by Gasteiger charge is -2.14. The fraction of sp³-hybridized carbons (Fsp3) is 0.214. The zero-order valence-electron chi connectivity index (χ0n) is 10.4. The van der Waals surface area contributed by atoms with Gasteiger partial charge in [0, 0.05) is 25.0 Å². The highest BCUT2D eigenvalue weighted by molar-refractivity contribution is 5.30. The SMILES string of the molecule is C[C@H](NCc1cc(F)c(O)c(F)c1)c1cccnc1. The third-order valence-electron chi connectivity index (χ3n) is 2.87. The van der Waals surface area contributed by atoms with E-state index >= 15 is 0 Å². The average molecular weight is 264 g/mol. The number of hydrogen-bond acceptors (Lipinski definition) is 3. The van der Waals surface area contributed by atoms with Gasteiger partial charge in [-0.2, -0.15) is 0 Å². The van der Waals surface area contributed by atoms with Crippen molar-refractivity contribution in [1.82, 2.24) is 10.3 Å². The van der Waals surface area contributed by atoms with Crippen LogP contribution in [0.2, 0.25) is 0 Å². The maximum Gasteiger partial charge on any atom is 0.187 e. The first kappa shape index (κ1) is 13.4. The number of phenolic OH excluding ortho intramolecular Hbond substituents is 1. The first-order valence-corrected chi connectivity index (χ1v) is 5.88. The largest absolute Gasteiger partial charge is 0.503 e. The summed E-state index contributed by atoms with van der Waals surface area (Å²) < 4.78 is 26.3. The number of hydrogen-bond donors (Lipinski definition) is 2. The second kappa shape index (κ2) is 5.75. The molecule has 1 atom stereocenters. The van der Waals surface area contributed by atoms with Crippen LogP contribution < -0.4 is 5.32 Å². The molecule has 3 nitrogen and oxygen atoms in total. The molecule has 0 amide bonds. The summed E-state index contributed by atoms with van der Waals surface area (Å²) in [6, 6.07) is 5.98. The van der Waals surface area contributed by atoms with Gasteiger partial charge in [-0.1, -0.05) is 6.07 Å². The van der Waals surface area contributed by atoms with E-state index < -0.39 is 17.4 Å². The second-order valence-electron chi connectivity index (χ2n) is 4.30. The number of phenols is 1. The van der Waals surface area contributed by atoms with Crippen LogP contribution in [0.25, 0.3) is 0 Å². The predicted octanol–water partition coefficient (Wildman–Crippen LogP) is 2.92. The normalized spacial score (nSPS) is 12.4. The van der Waals surface area contributed by atoms with E-state index in [1.807, 2.05) is 19.1 Å². The number of nitrogens with zero attached hydrogens (tertiary/aromatic N) is 1. The summed E-state index contributed by atoms with van der Waals surface area (Å²) >= 11 is 0. The Bertz CT molecular complexity index is 538. The number of benzene rings is 1. The van der Waals surface area contributed by atoms with Crippen LogP contribution >= 0.6 is 0 Å². The Morgan fingerprint density at radius 1 is 1.32 bits per heavy atom. The molecule has 0 bridgehead atoms. The molecule has 2 N–H and O–H groups in total. The zero-order chi connectivity index (χ0) is 13.8. The van der Waals surface area contributed by atoms with Crippen molar-refractivity contribution < 1.29 is 13.9 Å². The summed E-state index contributed by atoms with van der Waals surface area (Å²) in [5.74, 6) is -2.85. The van der Waals surface area contributed by atoms with Gasteiger partial charge in [-0.05, 0) is 36.2 Å². The molecule has 19 heavy (non-hydrogen) atoms. The molecular formula is C14H14F2N2O. The van der Waals surface area contributed by atoms with Crippen LogP contribution in [0.4, 0.5) is 8.78 Å². The summed E-state index contributed by atoms with van der Waals surface area (Å²) in [7, 11) is 0. The molecule has 0 saturated carbocycles. The smallest absolute Gasteiger partial charge is 0.187 e. The number of pyridine rings is 1. The maximum atomic E-state index is 13.2. The summed E-state index contributed by atoms with van der Waals surface area (Å²) in [5.41, 5.74) is 1.42. The van der Waals surface area contributed by atoms with E-state index in [4.69, 9.17) is 5.11 Å². The van der Waals surface area contributed by atoms with Crippen LogP contribution in [-0.2, 0) is 6.54 Å². The molecule has 0 fully saturated rings.